The molecule has 0 bridgehead atoms. The second-order valence-corrected chi connectivity index (χ2v) is 5.16. The minimum atomic E-state index is -0.338. The van der Waals surface area contributed by atoms with Crippen LogP contribution in [0.5, 0.6) is 0 Å². The van der Waals surface area contributed by atoms with Gasteiger partial charge in [0.05, 0.1) is 35.8 Å². The molecule has 0 saturated carbocycles. The van der Waals surface area contributed by atoms with Gasteiger partial charge in [0, 0.05) is 13.1 Å². The molecule has 110 valence electrons. The van der Waals surface area contributed by atoms with Crippen molar-refractivity contribution in [2.75, 3.05) is 30.3 Å². The summed E-state index contributed by atoms with van der Waals surface area (Å²) >= 11 is 0. The molecule has 1 aliphatic rings. The van der Waals surface area contributed by atoms with E-state index in [2.05, 4.69) is 4.90 Å². The van der Waals surface area contributed by atoms with Crippen LogP contribution in [0.1, 0.15) is 31.1 Å². The van der Waals surface area contributed by atoms with Crippen molar-refractivity contribution < 1.29 is 14.3 Å². The summed E-state index contributed by atoms with van der Waals surface area (Å²) in [5.41, 5.74) is 8.11. The highest BCUT2D eigenvalue weighted by atomic mass is 16.5. The molecule has 2 atom stereocenters. The van der Waals surface area contributed by atoms with Crippen molar-refractivity contribution in [3.63, 3.8) is 0 Å². The van der Waals surface area contributed by atoms with Crippen molar-refractivity contribution >= 4 is 17.3 Å². The van der Waals surface area contributed by atoms with Crippen LogP contribution in [0, 0.1) is 0 Å². The van der Waals surface area contributed by atoms with Gasteiger partial charge in [0.25, 0.3) is 0 Å². The molecule has 20 heavy (non-hydrogen) atoms. The molecule has 0 unspecified atom stereocenters. The molecule has 5 heteroatoms. The van der Waals surface area contributed by atoms with Crippen LogP contribution in [0.4, 0.5) is 11.4 Å². The summed E-state index contributed by atoms with van der Waals surface area (Å²) in [4.78, 5) is 13.9. The Balaban J connectivity index is 2.19. The second-order valence-electron chi connectivity index (χ2n) is 5.16. The summed E-state index contributed by atoms with van der Waals surface area (Å²) in [5.74, 6) is -0.338. The van der Waals surface area contributed by atoms with Crippen LogP contribution >= 0.6 is 0 Å². The average Bonchev–Trinajstić information content (AvgIpc) is 2.37. The highest BCUT2D eigenvalue weighted by Crippen LogP contribution is 2.27. The number of esters is 1. The van der Waals surface area contributed by atoms with Gasteiger partial charge in [-0.05, 0) is 39.0 Å². The normalized spacial score (nSPS) is 22.6. The fraction of sp³-hybridized carbons (Fsp3) is 0.533. The number of nitrogens with two attached hydrogens (primary N) is 1. The third kappa shape index (κ3) is 3.22. The van der Waals surface area contributed by atoms with Gasteiger partial charge in [-0.1, -0.05) is 0 Å². The van der Waals surface area contributed by atoms with Gasteiger partial charge in [0.2, 0.25) is 0 Å². The van der Waals surface area contributed by atoms with E-state index in [9.17, 15) is 4.79 Å². The molecule has 0 amide bonds. The molecule has 1 aromatic rings. The van der Waals surface area contributed by atoms with Gasteiger partial charge in [0.15, 0.2) is 0 Å². The molecule has 1 heterocycles. The fourth-order valence-electron chi connectivity index (χ4n) is 2.56. The lowest BCUT2D eigenvalue weighted by Gasteiger charge is -2.37. The van der Waals surface area contributed by atoms with Gasteiger partial charge in [-0.2, -0.15) is 0 Å². The molecule has 5 nitrogen and oxygen atoms in total. The zero-order valence-corrected chi connectivity index (χ0v) is 12.3. The lowest BCUT2D eigenvalue weighted by molar-refractivity contribution is -0.00518. The van der Waals surface area contributed by atoms with Crippen LogP contribution in [0.15, 0.2) is 18.2 Å². The maximum atomic E-state index is 11.7. The molecule has 1 fully saturated rings. The first kappa shape index (κ1) is 14.7. The second kappa shape index (κ2) is 6.13. The number of carbonyl (C=O) groups is 1. The summed E-state index contributed by atoms with van der Waals surface area (Å²) in [5, 5.41) is 0. The highest BCUT2D eigenvalue weighted by molar-refractivity contribution is 5.92. The number of morpholine rings is 1. The van der Waals surface area contributed by atoms with E-state index in [1.54, 1.807) is 19.1 Å². The van der Waals surface area contributed by atoms with Gasteiger partial charge >= 0.3 is 5.97 Å². The van der Waals surface area contributed by atoms with E-state index in [1.165, 1.54) is 0 Å². The van der Waals surface area contributed by atoms with E-state index in [0.29, 0.717) is 17.9 Å². The van der Waals surface area contributed by atoms with Crippen LogP contribution in [0.25, 0.3) is 0 Å². The molecule has 0 aliphatic carbocycles. The lowest BCUT2D eigenvalue weighted by Crippen LogP contribution is -2.45. The Morgan fingerprint density at radius 3 is 2.60 bits per heavy atom. The summed E-state index contributed by atoms with van der Waals surface area (Å²) in [7, 11) is 0. The first-order valence-corrected chi connectivity index (χ1v) is 6.98. The van der Waals surface area contributed by atoms with E-state index >= 15 is 0 Å². The molecule has 0 spiro atoms. The third-order valence-corrected chi connectivity index (χ3v) is 3.30. The number of nitrogen functional groups attached to an aromatic ring is 1. The summed E-state index contributed by atoms with van der Waals surface area (Å²) in [6.07, 6.45) is 0.339. The van der Waals surface area contributed by atoms with E-state index in [-0.39, 0.29) is 18.2 Å². The number of hydrogen-bond acceptors (Lipinski definition) is 5. The van der Waals surface area contributed by atoms with E-state index in [0.717, 1.165) is 18.8 Å². The van der Waals surface area contributed by atoms with Crippen molar-refractivity contribution in [2.24, 2.45) is 0 Å². The zero-order valence-electron chi connectivity index (χ0n) is 12.3. The number of nitrogens with zero attached hydrogens (tertiary/aromatic N) is 1. The Labute approximate surface area is 119 Å². The monoisotopic (exact) mass is 278 g/mol. The minimum Gasteiger partial charge on any atom is -0.462 e. The van der Waals surface area contributed by atoms with Crippen molar-refractivity contribution in [3.05, 3.63) is 23.8 Å². The Kier molecular flexibility index (Phi) is 4.49. The number of carbonyl (C=O) groups excluding carboxylic acids is 1. The van der Waals surface area contributed by atoms with Gasteiger partial charge in [0.1, 0.15) is 0 Å². The highest BCUT2D eigenvalue weighted by Gasteiger charge is 2.24. The third-order valence-electron chi connectivity index (χ3n) is 3.30. The van der Waals surface area contributed by atoms with Crippen molar-refractivity contribution in [2.45, 2.75) is 33.0 Å². The first-order chi connectivity index (χ1) is 9.51. The Morgan fingerprint density at radius 2 is 2.05 bits per heavy atom. The van der Waals surface area contributed by atoms with Crippen LogP contribution in [0.3, 0.4) is 0 Å². The summed E-state index contributed by atoms with van der Waals surface area (Å²) < 4.78 is 10.7. The van der Waals surface area contributed by atoms with Crippen molar-refractivity contribution in [1.82, 2.24) is 0 Å². The van der Waals surface area contributed by atoms with Crippen LogP contribution in [-0.2, 0) is 9.47 Å². The van der Waals surface area contributed by atoms with E-state index in [1.807, 2.05) is 19.9 Å². The standard InChI is InChI=1S/C15H22N2O3/c1-4-19-15(18)12-5-6-14(13(16)7-12)17-8-10(2)20-11(3)9-17/h5-7,10-11H,4,8-9,16H2,1-3H3/t10-,11-/m1/s1. The maximum Gasteiger partial charge on any atom is 0.338 e. The SMILES string of the molecule is CCOC(=O)c1ccc(N2C[C@@H](C)O[C@H](C)C2)c(N)c1. The minimum absolute atomic E-state index is 0.169. The predicted molar refractivity (Wildman–Crippen MR) is 79.0 cm³/mol. The smallest absolute Gasteiger partial charge is 0.338 e. The molecule has 0 aromatic heterocycles. The Bertz CT molecular complexity index is 480. The molecule has 1 aromatic carbocycles. The Hall–Kier alpha value is -1.75. The average molecular weight is 278 g/mol. The van der Waals surface area contributed by atoms with E-state index in [4.69, 9.17) is 15.2 Å². The molecule has 0 radical (unpaired) electrons. The predicted octanol–water partition coefficient (Wildman–Crippen LogP) is 2.06. The molecule has 1 aliphatic heterocycles. The maximum absolute atomic E-state index is 11.7. The van der Waals surface area contributed by atoms with Crippen molar-refractivity contribution in [3.8, 4) is 0 Å². The van der Waals surface area contributed by atoms with Gasteiger partial charge in [-0.3, -0.25) is 0 Å². The quantitative estimate of drug-likeness (QED) is 0.677. The number of benzene rings is 1. The first-order valence-electron chi connectivity index (χ1n) is 6.98. The lowest BCUT2D eigenvalue weighted by atomic mass is 10.1. The molecule has 2 rings (SSSR count). The van der Waals surface area contributed by atoms with Gasteiger partial charge in [-0.15, -0.1) is 0 Å². The zero-order chi connectivity index (χ0) is 14.7. The van der Waals surface area contributed by atoms with E-state index < -0.39 is 0 Å². The number of anilines is 2. The number of rotatable bonds is 3. The van der Waals surface area contributed by atoms with Crippen LogP contribution in [0.2, 0.25) is 0 Å². The largest absolute Gasteiger partial charge is 0.462 e. The number of hydrogen-bond donors (Lipinski definition) is 1. The Morgan fingerprint density at radius 1 is 1.40 bits per heavy atom. The number of ether oxygens (including phenoxy) is 2. The van der Waals surface area contributed by atoms with Crippen molar-refractivity contribution in [1.29, 1.82) is 0 Å². The molecule has 1 saturated heterocycles. The molecular formula is C15H22N2O3. The van der Waals surface area contributed by atoms with Gasteiger partial charge < -0.3 is 20.1 Å². The molecule has 2 N–H and O–H groups in total. The summed E-state index contributed by atoms with van der Waals surface area (Å²) in [6, 6.07) is 5.32. The molecular weight excluding hydrogens is 256 g/mol. The van der Waals surface area contributed by atoms with Crippen LogP contribution < -0.4 is 10.6 Å². The van der Waals surface area contributed by atoms with Crippen LogP contribution in [-0.4, -0.2) is 37.9 Å². The van der Waals surface area contributed by atoms with Gasteiger partial charge in [-0.25, -0.2) is 4.79 Å². The topological polar surface area (TPSA) is 64.8 Å². The fourth-order valence-corrected chi connectivity index (χ4v) is 2.56. The summed E-state index contributed by atoms with van der Waals surface area (Å²) in [6.45, 7) is 7.84.